The zero-order valence-electron chi connectivity index (χ0n) is 12.2. The van der Waals surface area contributed by atoms with Gasteiger partial charge in [-0.1, -0.05) is 36.8 Å². The highest BCUT2D eigenvalue weighted by molar-refractivity contribution is 5.25. The van der Waals surface area contributed by atoms with Crippen molar-refractivity contribution in [3.05, 3.63) is 35.4 Å². The minimum atomic E-state index is -0.0394. The maximum Gasteiger partial charge on any atom is 0.0540 e. The van der Waals surface area contributed by atoms with Crippen molar-refractivity contribution in [2.24, 2.45) is 5.92 Å². The molecule has 0 aromatic heterocycles. The third-order valence-corrected chi connectivity index (χ3v) is 4.31. The smallest absolute Gasteiger partial charge is 0.0540 e. The van der Waals surface area contributed by atoms with E-state index in [0.29, 0.717) is 5.92 Å². The standard InChI is InChI=1S/C17H27NO/c1-13-4-3-5-16(10-13)14(2)11-18-12-15-6-8-17(19)9-7-15/h3-5,10,14-15,17-19H,6-9,11-12H2,1-2H3. The molecule has 2 heteroatoms. The van der Waals surface area contributed by atoms with Gasteiger partial charge in [0.25, 0.3) is 0 Å². The maximum atomic E-state index is 9.49. The molecule has 1 aliphatic rings. The summed E-state index contributed by atoms with van der Waals surface area (Å²) in [7, 11) is 0. The van der Waals surface area contributed by atoms with Gasteiger partial charge in [-0.05, 0) is 56.6 Å². The average Bonchev–Trinajstić information content (AvgIpc) is 2.41. The van der Waals surface area contributed by atoms with Crippen LogP contribution < -0.4 is 5.32 Å². The molecule has 1 aliphatic carbocycles. The molecule has 0 heterocycles. The maximum absolute atomic E-state index is 9.49. The summed E-state index contributed by atoms with van der Waals surface area (Å²) < 4.78 is 0. The molecule has 1 atom stereocenters. The van der Waals surface area contributed by atoms with Crippen molar-refractivity contribution >= 4 is 0 Å². The first kappa shape index (κ1) is 14.5. The summed E-state index contributed by atoms with van der Waals surface area (Å²) in [4.78, 5) is 0. The van der Waals surface area contributed by atoms with E-state index in [4.69, 9.17) is 0 Å². The van der Waals surface area contributed by atoms with Gasteiger partial charge in [0, 0.05) is 6.54 Å². The van der Waals surface area contributed by atoms with Gasteiger partial charge < -0.3 is 10.4 Å². The summed E-state index contributed by atoms with van der Waals surface area (Å²) in [5.74, 6) is 1.32. The number of aliphatic hydroxyl groups excluding tert-OH is 1. The van der Waals surface area contributed by atoms with Crippen LogP contribution >= 0.6 is 0 Å². The number of aliphatic hydroxyl groups is 1. The van der Waals surface area contributed by atoms with Crippen LogP contribution in [0.3, 0.4) is 0 Å². The van der Waals surface area contributed by atoms with E-state index in [-0.39, 0.29) is 6.10 Å². The van der Waals surface area contributed by atoms with Gasteiger partial charge in [-0.15, -0.1) is 0 Å². The lowest BCUT2D eigenvalue weighted by molar-refractivity contribution is 0.108. The van der Waals surface area contributed by atoms with Crippen molar-refractivity contribution in [1.29, 1.82) is 0 Å². The summed E-state index contributed by atoms with van der Waals surface area (Å²) >= 11 is 0. The summed E-state index contributed by atoms with van der Waals surface area (Å²) in [5.41, 5.74) is 2.76. The third-order valence-electron chi connectivity index (χ3n) is 4.31. The van der Waals surface area contributed by atoms with E-state index in [1.807, 2.05) is 0 Å². The van der Waals surface area contributed by atoms with Crippen LogP contribution in [0.2, 0.25) is 0 Å². The van der Waals surface area contributed by atoms with Crippen molar-refractivity contribution in [1.82, 2.24) is 5.32 Å². The van der Waals surface area contributed by atoms with Crippen LogP contribution in [0, 0.1) is 12.8 Å². The van der Waals surface area contributed by atoms with Crippen LogP contribution in [-0.2, 0) is 0 Å². The highest BCUT2D eigenvalue weighted by atomic mass is 16.3. The first-order chi connectivity index (χ1) is 9.15. The van der Waals surface area contributed by atoms with Crippen LogP contribution in [0.15, 0.2) is 24.3 Å². The van der Waals surface area contributed by atoms with Crippen molar-refractivity contribution < 1.29 is 5.11 Å². The van der Waals surface area contributed by atoms with E-state index in [9.17, 15) is 5.11 Å². The fourth-order valence-corrected chi connectivity index (χ4v) is 2.95. The Kier molecular flexibility index (Phi) is 5.41. The Labute approximate surface area is 117 Å². The quantitative estimate of drug-likeness (QED) is 0.853. The second kappa shape index (κ2) is 7.06. The highest BCUT2D eigenvalue weighted by Crippen LogP contribution is 2.23. The molecular formula is C17H27NO. The molecule has 1 unspecified atom stereocenters. The molecule has 1 fully saturated rings. The lowest BCUT2D eigenvalue weighted by atomic mass is 9.87. The van der Waals surface area contributed by atoms with Gasteiger partial charge >= 0.3 is 0 Å². The van der Waals surface area contributed by atoms with Gasteiger partial charge in [0.2, 0.25) is 0 Å². The van der Waals surface area contributed by atoms with Crippen molar-refractivity contribution in [2.75, 3.05) is 13.1 Å². The van der Waals surface area contributed by atoms with Crippen LogP contribution in [0.1, 0.15) is 49.7 Å². The fourth-order valence-electron chi connectivity index (χ4n) is 2.95. The van der Waals surface area contributed by atoms with E-state index in [1.165, 1.54) is 24.0 Å². The number of hydrogen-bond acceptors (Lipinski definition) is 2. The topological polar surface area (TPSA) is 32.3 Å². The van der Waals surface area contributed by atoms with Gasteiger partial charge in [0.1, 0.15) is 0 Å². The van der Waals surface area contributed by atoms with E-state index >= 15 is 0 Å². The Morgan fingerprint density at radius 2 is 2.00 bits per heavy atom. The molecule has 1 aromatic carbocycles. The molecule has 19 heavy (non-hydrogen) atoms. The van der Waals surface area contributed by atoms with Crippen LogP contribution in [0.4, 0.5) is 0 Å². The predicted octanol–water partition coefficient (Wildman–Crippen LogP) is 3.24. The zero-order valence-corrected chi connectivity index (χ0v) is 12.2. The Balaban J connectivity index is 1.70. The molecule has 0 aliphatic heterocycles. The lowest BCUT2D eigenvalue weighted by Gasteiger charge is -2.26. The van der Waals surface area contributed by atoms with Crippen LogP contribution in [-0.4, -0.2) is 24.3 Å². The minimum absolute atomic E-state index is 0.0394. The average molecular weight is 261 g/mol. The second-order valence-corrected chi connectivity index (χ2v) is 6.15. The Morgan fingerprint density at radius 3 is 2.68 bits per heavy atom. The van der Waals surface area contributed by atoms with Crippen molar-refractivity contribution in [3.8, 4) is 0 Å². The number of rotatable bonds is 5. The number of aryl methyl sites for hydroxylation is 1. The molecule has 0 bridgehead atoms. The summed E-state index contributed by atoms with van der Waals surface area (Å²) in [6, 6.07) is 8.79. The van der Waals surface area contributed by atoms with E-state index in [1.54, 1.807) is 0 Å². The summed E-state index contributed by atoms with van der Waals surface area (Å²) in [6.45, 7) is 6.58. The predicted molar refractivity (Wildman–Crippen MR) is 80.4 cm³/mol. The SMILES string of the molecule is Cc1cccc(C(C)CNCC2CCC(O)CC2)c1. The molecule has 2 rings (SSSR count). The molecule has 0 amide bonds. The molecule has 1 saturated carbocycles. The van der Waals surface area contributed by atoms with Gasteiger partial charge in [-0.3, -0.25) is 0 Å². The molecular weight excluding hydrogens is 234 g/mol. The van der Waals surface area contributed by atoms with E-state index in [0.717, 1.165) is 31.8 Å². The molecule has 1 aromatic rings. The van der Waals surface area contributed by atoms with Crippen molar-refractivity contribution in [3.63, 3.8) is 0 Å². The zero-order chi connectivity index (χ0) is 13.7. The van der Waals surface area contributed by atoms with E-state index < -0.39 is 0 Å². The number of nitrogens with one attached hydrogen (secondary N) is 1. The Bertz CT molecular complexity index is 383. The molecule has 2 N–H and O–H groups in total. The van der Waals surface area contributed by atoms with E-state index in [2.05, 4.69) is 43.4 Å². The van der Waals surface area contributed by atoms with Crippen LogP contribution in [0.5, 0.6) is 0 Å². The molecule has 106 valence electrons. The normalized spacial score (nSPS) is 25.2. The molecule has 0 saturated heterocycles. The second-order valence-electron chi connectivity index (χ2n) is 6.15. The molecule has 0 radical (unpaired) electrons. The largest absolute Gasteiger partial charge is 0.393 e. The minimum Gasteiger partial charge on any atom is -0.393 e. The van der Waals surface area contributed by atoms with Gasteiger partial charge in [0.15, 0.2) is 0 Å². The molecule has 2 nitrogen and oxygen atoms in total. The third kappa shape index (κ3) is 4.63. The lowest BCUT2D eigenvalue weighted by Crippen LogP contribution is -2.30. The first-order valence-corrected chi connectivity index (χ1v) is 7.60. The fraction of sp³-hybridized carbons (Fsp3) is 0.647. The Hall–Kier alpha value is -0.860. The molecule has 0 spiro atoms. The van der Waals surface area contributed by atoms with Gasteiger partial charge in [-0.2, -0.15) is 0 Å². The summed E-state index contributed by atoms with van der Waals surface area (Å²) in [5, 5.41) is 13.1. The van der Waals surface area contributed by atoms with Crippen molar-refractivity contribution in [2.45, 2.75) is 51.6 Å². The summed E-state index contributed by atoms with van der Waals surface area (Å²) in [6.07, 6.45) is 4.28. The Morgan fingerprint density at radius 1 is 1.26 bits per heavy atom. The van der Waals surface area contributed by atoms with Gasteiger partial charge in [0.05, 0.1) is 6.10 Å². The van der Waals surface area contributed by atoms with Gasteiger partial charge in [-0.25, -0.2) is 0 Å². The number of benzene rings is 1. The monoisotopic (exact) mass is 261 g/mol. The van der Waals surface area contributed by atoms with Crippen LogP contribution in [0.25, 0.3) is 0 Å². The number of hydrogen-bond donors (Lipinski definition) is 2. The first-order valence-electron chi connectivity index (χ1n) is 7.60. The highest BCUT2D eigenvalue weighted by Gasteiger charge is 2.19.